The van der Waals surface area contributed by atoms with Crippen LogP contribution >= 0.6 is 0 Å². The number of phenolic OH excluding ortho intramolecular Hbond substituents is 1. The van der Waals surface area contributed by atoms with Crippen LogP contribution in [0.5, 0.6) is 5.75 Å². The van der Waals surface area contributed by atoms with Crippen molar-refractivity contribution in [3.05, 3.63) is 89.8 Å². The molecular formula is C50H62N8O7. The van der Waals surface area contributed by atoms with Gasteiger partial charge in [-0.2, -0.15) is 0 Å². The average Bonchev–Trinajstić information content (AvgIpc) is 3.99. The third-order valence-electron chi connectivity index (χ3n) is 13.3. The maximum atomic E-state index is 14.7. The Morgan fingerprint density at radius 3 is 2.60 bits per heavy atom. The van der Waals surface area contributed by atoms with Crippen molar-refractivity contribution in [3.63, 3.8) is 0 Å². The maximum Gasteiger partial charge on any atom is 0.324 e. The van der Waals surface area contributed by atoms with Gasteiger partial charge in [-0.15, -0.1) is 0 Å². The molecule has 344 valence electrons. The number of esters is 1. The molecule has 6 bridgehead atoms. The van der Waals surface area contributed by atoms with Gasteiger partial charge >= 0.3 is 5.97 Å². The zero-order valence-corrected chi connectivity index (χ0v) is 38.8. The van der Waals surface area contributed by atoms with Gasteiger partial charge in [0.1, 0.15) is 29.7 Å². The van der Waals surface area contributed by atoms with E-state index in [0.29, 0.717) is 50.9 Å². The fourth-order valence-corrected chi connectivity index (χ4v) is 10.1. The molecule has 1 saturated heterocycles. The first-order valence-electron chi connectivity index (χ1n) is 22.8. The van der Waals surface area contributed by atoms with Crippen molar-refractivity contribution in [1.82, 2.24) is 39.8 Å². The number of aromatic nitrogens is 4. The summed E-state index contributed by atoms with van der Waals surface area (Å²) >= 11 is 0. The Hall–Kier alpha value is -6.06. The molecule has 65 heavy (non-hydrogen) atoms. The van der Waals surface area contributed by atoms with E-state index < -0.39 is 41.3 Å². The molecule has 8 rings (SSSR count). The number of ether oxygens (including phenoxy) is 2. The number of methoxy groups -OCH3 is 1. The van der Waals surface area contributed by atoms with Gasteiger partial charge in [-0.25, -0.2) is 10.4 Å². The van der Waals surface area contributed by atoms with Gasteiger partial charge in [0.15, 0.2) is 0 Å². The van der Waals surface area contributed by atoms with E-state index >= 15 is 0 Å². The number of cyclic esters (lactones) is 1. The number of nitrogens with zero attached hydrogens (tertiary/aromatic N) is 6. The van der Waals surface area contributed by atoms with Crippen molar-refractivity contribution in [3.8, 4) is 28.1 Å². The van der Waals surface area contributed by atoms with E-state index in [-0.39, 0.29) is 42.6 Å². The van der Waals surface area contributed by atoms with E-state index in [9.17, 15) is 24.3 Å². The first-order valence-corrected chi connectivity index (χ1v) is 22.8. The number of phenols is 1. The van der Waals surface area contributed by atoms with Crippen LogP contribution in [0.25, 0.3) is 33.3 Å². The molecule has 5 aromatic rings. The van der Waals surface area contributed by atoms with Crippen LogP contribution in [-0.4, -0.2) is 103 Å². The molecule has 0 aliphatic carbocycles. The summed E-state index contributed by atoms with van der Waals surface area (Å²) in [6.45, 7) is 13.6. The number of rotatable bonds is 9. The minimum absolute atomic E-state index is 0.00655. The fraction of sp³-hybridized carbons (Fsp3) is 0.480. The van der Waals surface area contributed by atoms with E-state index in [0.717, 1.165) is 50.4 Å². The zero-order valence-electron chi connectivity index (χ0n) is 38.8. The molecule has 6 heterocycles. The number of nitrogens with one attached hydrogen (secondary N) is 2. The van der Waals surface area contributed by atoms with Gasteiger partial charge in [0, 0.05) is 87.1 Å². The molecule has 0 saturated carbocycles. The summed E-state index contributed by atoms with van der Waals surface area (Å²) in [5.74, 6) is -1.39. The number of hydrazine groups is 1. The van der Waals surface area contributed by atoms with Gasteiger partial charge < -0.3 is 33.9 Å². The smallest absolute Gasteiger partial charge is 0.324 e. The summed E-state index contributed by atoms with van der Waals surface area (Å²) in [5, 5.41) is 16.8. The Morgan fingerprint density at radius 1 is 1.06 bits per heavy atom. The third kappa shape index (κ3) is 9.13. The average molecular weight is 887 g/mol. The topological polar surface area (TPSA) is 173 Å². The van der Waals surface area contributed by atoms with E-state index in [2.05, 4.69) is 59.3 Å². The van der Waals surface area contributed by atoms with E-state index in [4.69, 9.17) is 14.5 Å². The van der Waals surface area contributed by atoms with Crippen molar-refractivity contribution in [1.29, 1.82) is 0 Å². The normalized spacial score (nSPS) is 20.8. The largest absolute Gasteiger partial charge is 0.508 e. The SMILES string of the molecule is CCn1c(-c2cccnc2[C@H](C)OC)c2c3cc(ccc31)-c1cc(O)cc(c1)C[C@H](NC(=O)C(C(C)C)N(C)C(=O)C1Cc3nccn3C1)C(=O)N1CCC[C@H](N1)C(=O)OCC(C)(C)C2. The second-order valence-corrected chi connectivity index (χ2v) is 19.1. The Balaban J connectivity index is 1.21. The van der Waals surface area contributed by atoms with Gasteiger partial charge in [-0.05, 0) is 97.7 Å². The molecule has 2 unspecified atom stereocenters. The van der Waals surface area contributed by atoms with E-state index in [1.807, 2.05) is 49.7 Å². The summed E-state index contributed by atoms with van der Waals surface area (Å²) < 4.78 is 16.2. The number of aryl methyl sites for hydroxylation is 1. The number of hydrogen-bond donors (Lipinski definition) is 3. The molecule has 0 radical (unpaired) electrons. The van der Waals surface area contributed by atoms with Crippen LogP contribution in [0.4, 0.5) is 0 Å². The van der Waals surface area contributed by atoms with Gasteiger partial charge in [0.25, 0.3) is 5.91 Å². The Labute approximate surface area is 380 Å². The molecule has 0 spiro atoms. The van der Waals surface area contributed by atoms with Gasteiger partial charge in [-0.1, -0.05) is 39.8 Å². The highest BCUT2D eigenvalue weighted by atomic mass is 16.5. The Kier molecular flexibility index (Phi) is 12.9. The zero-order chi connectivity index (χ0) is 46.3. The van der Waals surface area contributed by atoms with Crippen LogP contribution in [0.2, 0.25) is 0 Å². The minimum Gasteiger partial charge on any atom is -0.508 e. The van der Waals surface area contributed by atoms with Crippen LogP contribution in [-0.2, 0) is 61.0 Å². The van der Waals surface area contributed by atoms with E-state index in [1.165, 1.54) is 9.91 Å². The molecule has 3 aromatic heterocycles. The second-order valence-electron chi connectivity index (χ2n) is 19.1. The van der Waals surface area contributed by atoms with Crippen LogP contribution in [0.15, 0.2) is 67.1 Å². The summed E-state index contributed by atoms with van der Waals surface area (Å²) in [4.78, 5) is 67.8. The van der Waals surface area contributed by atoms with Crippen molar-refractivity contribution in [2.45, 2.75) is 111 Å². The molecular weight excluding hydrogens is 825 g/mol. The highest BCUT2D eigenvalue weighted by Gasteiger charge is 2.40. The lowest BCUT2D eigenvalue weighted by Gasteiger charge is -2.37. The molecule has 1 fully saturated rings. The molecule has 15 nitrogen and oxygen atoms in total. The number of carbonyl (C=O) groups excluding carboxylic acids is 4. The first kappa shape index (κ1) is 45.5. The van der Waals surface area contributed by atoms with Crippen molar-refractivity contribution >= 4 is 34.6 Å². The molecule has 3 aliphatic heterocycles. The summed E-state index contributed by atoms with van der Waals surface area (Å²) in [7, 11) is 3.32. The third-order valence-corrected chi connectivity index (χ3v) is 13.3. The summed E-state index contributed by atoms with van der Waals surface area (Å²) in [5.41, 5.74) is 9.67. The summed E-state index contributed by atoms with van der Waals surface area (Å²) in [6.07, 6.45) is 7.10. The number of hydrogen-bond acceptors (Lipinski definition) is 10. The van der Waals surface area contributed by atoms with Gasteiger partial charge in [0.05, 0.1) is 30.0 Å². The monoisotopic (exact) mass is 886 g/mol. The van der Waals surface area contributed by atoms with Crippen molar-refractivity contribution in [2.75, 3.05) is 27.3 Å². The number of likely N-dealkylation sites (N-methyl/N-ethyl adjacent to an activating group) is 1. The van der Waals surface area contributed by atoms with E-state index in [1.54, 1.807) is 38.7 Å². The quantitative estimate of drug-likeness (QED) is 0.149. The predicted octanol–water partition coefficient (Wildman–Crippen LogP) is 6.00. The number of benzene rings is 2. The number of aromatic hydroxyl groups is 1. The van der Waals surface area contributed by atoms with Gasteiger partial charge in [-0.3, -0.25) is 29.2 Å². The maximum absolute atomic E-state index is 14.7. The van der Waals surface area contributed by atoms with Crippen LogP contribution in [0.3, 0.4) is 0 Å². The number of fused-ring (bicyclic) bond motifs is 7. The first-order chi connectivity index (χ1) is 31.1. The van der Waals surface area contributed by atoms with Crippen LogP contribution in [0, 0.1) is 17.3 Å². The van der Waals surface area contributed by atoms with Crippen molar-refractivity contribution in [2.24, 2.45) is 17.3 Å². The highest BCUT2D eigenvalue weighted by Crippen LogP contribution is 2.42. The predicted molar refractivity (Wildman–Crippen MR) is 246 cm³/mol. The lowest BCUT2D eigenvalue weighted by atomic mass is 9.84. The molecule has 15 heteroatoms. The summed E-state index contributed by atoms with van der Waals surface area (Å²) in [6, 6.07) is 12.7. The van der Waals surface area contributed by atoms with Crippen molar-refractivity contribution < 1.29 is 33.8 Å². The molecule has 5 atom stereocenters. The Bertz CT molecular complexity index is 2590. The lowest BCUT2D eigenvalue weighted by molar-refractivity contribution is -0.155. The lowest BCUT2D eigenvalue weighted by Crippen LogP contribution is -2.62. The molecule has 3 N–H and O–H groups in total. The van der Waals surface area contributed by atoms with Crippen LogP contribution < -0.4 is 10.7 Å². The molecule has 2 aromatic carbocycles. The number of imidazole rings is 1. The number of carbonyl (C=O) groups is 4. The Morgan fingerprint density at radius 2 is 1.86 bits per heavy atom. The number of pyridine rings is 1. The number of amides is 3. The molecule has 3 aliphatic rings. The minimum atomic E-state index is -1.13. The standard InChI is InChI=1S/C50H62N8O7/c1-9-57-41-15-14-32-24-37(41)38(45(57)36-12-10-16-52-43(36)30(4)64-8)26-50(5,6)28-65-49(63)39-13-11-18-58(54-39)48(62)40(22-31-20-33(32)23-35(59)21-31)53-46(60)44(29(2)3)55(7)47(61)34-25-42-51-17-19-56(42)27-34/h10,12,14-17,19-21,23-24,29-30,34,39-40,44,54,59H,9,11,13,18,22,25-28H2,1-8H3,(H,53,60)/t30-,34?,39-,40-,44?/m0/s1. The highest BCUT2D eigenvalue weighted by molar-refractivity contribution is 5.96. The van der Waals surface area contributed by atoms with Crippen LogP contribution in [0.1, 0.15) is 83.1 Å². The molecule has 3 amide bonds. The fourth-order valence-electron chi connectivity index (χ4n) is 10.1. The van der Waals surface area contributed by atoms with Gasteiger partial charge in [0.2, 0.25) is 11.8 Å². The second kappa shape index (κ2) is 18.4.